The summed E-state index contributed by atoms with van der Waals surface area (Å²) in [6.45, 7) is 0. The van der Waals surface area contributed by atoms with E-state index in [-0.39, 0.29) is 22.3 Å². The van der Waals surface area contributed by atoms with Gasteiger partial charge in [-0.1, -0.05) is 18.2 Å². The molecule has 0 aliphatic carbocycles. The molecule has 134 valence electrons. The Kier molecular flexibility index (Phi) is 4.02. The molecule has 0 radical (unpaired) electrons. The zero-order chi connectivity index (χ0) is 19.0. The van der Waals surface area contributed by atoms with E-state index in [0.717, 1.165) is 11.5 Å². The molecular weight excluding hydrogens is 368 g/mol. The smallest absolute Gasteiger partial charge is 0.295 e. The third kappa shape index (κ3) is 3.09. The first-order chi connectivity index (χ1) is 12.9. The van der Waals surface area contributed by atoms with Gasteiger partial charge in [0.25, 0.3) is 10.1 Å². The summed E-state index contributed by atoms with van der Waals surface area (Å²) in [6, 6.07) is 13.0. The molecule has 4 rings (SSSR count). The maximum atomic E-state index is 11.7. The average Bonchev–Trinajstić information content (AvgIpc) is 2.66. The molecule has 0 aliphatic rings. The van der Waals surface area contributed by atoms with Crippen LogP contribution >= 0.6 is 0 Å². The van der Waals surface area contributed by atoms with Crippen LogP contribution in [0.15, 0.2) is 76.0 Å². The van der Waals surface area contributed by atoms with E-state index in [1.807, 2.05) is 12.1 Å². The summed E-state index contributed by atoms with van der Waals surface area (Å²) in [5.74, 6) is -0.338. The van der Waals surface area contributed by atoms with Gasteiger partial charge in [-0.25, -0.2) is 0 Å². The molecule has 0 atom stereocenters. The third-order valence-electron chi connectivity index (χ3n) is 3.96. The lowest BCUT2D eigenvalue weighted by Gasteiger charge is -2.07. The maximum Gasteiger partial charge on any atom is 0.295 e. The third-order valence-corrected chi connectivity index (χ3v) is 4.86. The van der Waals surface area contributed by atoms with Crippen LogP contribution in [0.25, 0.3) is 21.8 Å². The molecule has 4 aromatic rings. The Morgan fingerprint density at radius 1 is 0.852 bits per heavy atom. The number of hydrogen-bond acceptors (Lipinski definition) is 7. The van der Waals surface area contributed by atoms with Crippen LogP contribution in [-0.4, -0.2) is 28.0 Å². The predicted octanol–water partition coefficient (Wildman–Crippen LogP) is 4.15. The van der Waals surface area contributed by atoms with Gasteiger partial charge in [0.05, 0.1) is 5.52 Å². The Hall–Kier alpha value is -3.43. The first kappa shape index (κ1) is 17.0. The van der Waals surface area contributed by atoms with Gasteiger partial charge in [-0.2, -0.15) is 8.42 Å². The number of aromatic nitrogens is 2. The normalized spacial score (nSPS) is 12.2. The summed E-state index contributed by atoms with van der Waals surface area (Å²) in [5.41, 5.74) is 0.915. The number of para-hydroxylation sites is 1. The van der Waals surface area contributed by atoms with E-state index in [1.54, 1.807) is 24.4 Å². The lowest BCUT2D eigenvalue weighted by molar-refractivity contribution is 0.479. The van der Waals surface area contributed by atoms with Crippen molar-refractivity contribution in [1.29, 1.82) is 0 Å². The number of phenolic OH excluding ortho intramolecular Hbond substituents is 1. The van der Waals surface area contributed by atoms with Crippen LogP contribution in [0.3, 0.4) is 0 Å². The number of aromatic hydroxyl groups is 1. The fourth-order valence-corrected chi connectivity index (χ4v) is 3.45. The number of fused-ring (bicyclic) bond motifs is 2. The Balaban J connectivity index is 1.92. The quantitative estimate of drug-likeness (QED) is 0.406. The molecule has 0 unspecified atom stereocenters. The van der Waals surface area contributed by atoms with Crippen LogP contribution in [0, 0.1) is 0 Å². The molecule has 9 heteroatoms. The molecule has 0 fully saturated rings. The fourth-order valence-electron chi connectivity index (χ4n) is 2.75. The van der Waals surface area contributed by atoms with Crippen molar-refractivity contribution >= 4 is 43.3 Å². The van der Waals surface area contributed by atoms with E-state index in [1.165, 1.54) is 18.3 Å². The lowest BCUT2D eigenvalue weighted by atomic mass is 10.2. The van der Waals surface area contributed by atoms with E-state index < -0.39 is 15.0 Å². The minimum absolute atomic E-state index is 0.00220. The van der Waals surface area contributed by atoms with Gasteiger partial charge in [0.15, 0.2) is 5.75 Å². The van der Waals surface area contributed by atoms with E-state index in [2.05, 4.69) is 20.2 Å². The number of hydrogen-bond donors (Lipinski definition) is 2. The average molecular weight is 380 g/mol. The van der Waals surface area contributed by atoms with Crippen molar-refractivity contribution in [3.05, 3.63) is 60.9 Å². The second-order valence-electron chi connectivity index (χ2n) is 5.67. The van der Waals surface area contributed by atoms with E-state index >= 15 is 0 Å². The van der Waals surface area contributed by atoms with Crippen molar-refractivity contribution in [2.45, 2.75) is 4.90 Å². The standard InChI is InChI=1S/C18H12N4O4S/c23-18-14(10-15(27(24,25)26)12-6-3-9-20-17(12)18)22-21-13-7-1-4-11-5-2-8-19-16(11)13/h1-10,23H,(H,24,25,26)/b22-21+. The molecule has 0 saturated carbocycles. The summed E-state index contributed by atoms with van der Waals surface area (Å²) < 4.78 is 33.0. The Morgan fingerprint density at radius 2 is 1.52 bits per heavy atom. The van der Waals surface area contributed by atoms with Crippen LogP contribution in [-0.2, 0) is 10.1 Å². The minimum atomic E-state index is -4.55. The molecule has 2 heterocycles. The number of azo groups is 1. The Morgan fingerprint density at radius 3 is 2.30 bits per heavy atom. The molecule has 27 heavy (non-hydrogen) atoms. The largest absolute Gasteiger partial charge is 0.504 e. The molecule has 2 aromatic carbocycles. The molecule has 2 aromatic heterocycles. The topological polar surface area (TPSA) is 125 Å². The van der Waals surface area contributed by atoms with Gasteiger partial charge in [0.1, 0.15) is 21.8 Å². The molecule has 8 nitrogen and oxygen atoms in total. The Labute approximate surface area is 153 Å². The number of pyridine rings is 2. The van der Waals surface area contributed by atoms with Gasteiger partial charge >= 0.3 is 0 Å². The van der Waals surface area contributed by atoms with Crippen molar-refractivity contribution in [2.75, 3.05) is 0 Å². The summed E-state index contributed by atoms with van der Waals surface area (Å²) in [4.78, 5) is 7.83. The second-order valence-corrected chi connectivity index (χ2v) is 7.06. The SMILES string of the molecule is O=S(=O)(O)c1cc(/N=N/c2cccc3cccnc23)c(O)c2ncccc12. The van der Waals surface area contributed by atoms with E-state index in [4.69, 9.17) is 0 Å². The van der Waals surface area contributed by atoms with Crippen LogP contribution in [0.5, 0.6) is 5.75 Å². The van der Waals surface area contributed by atoms with Crippen LogP contribution < -0.4 is 0 Å². The first-order valence-corrected chi connectivity index (χ1v) is 9.23. The van der Waals surface area contributed by atoms with Gasteiger partial charge in [0, 0.05) is 23.2 Å². The van der Waals surface area contributed by atoms with E-state index in [9.17, 15) is 18.1 Å². The van der Waals surface area contributed by atoms with Crippen molar-refractivity contribution in [2.24, 2.45) is 10.2 Å². The molecule has 0 amide bonds. The molecule has 2 N–H and O–H groups in total. The van der Waals surface area contributed by atoms with Gasteiger partial charge in [-0.05, 0) is 30.3 Å². The van der Waals surface area contributed by atoms with E-state index in [0.29, 0.717) is 11.2 Å². The monoisotopic (exact) mass is 380 g/mol. The lowest BCUT2D eigenvalue weighted by Crippen LogP contribution is -1.99. The van der Waals surface area contributed by atoms with Crippen molar-refractivity contribution in [3.8, 4) is 5.75 Å². The number of benzene rings is 2. The molecule has 0 spiro atoms. The highest BCUT2D eigenvalue weighted by molar-refractivity contribution is 7.86. The van der Waals surface area contributed by atoms with Crippen LogP contribution in [0.1, 0.15) is 0 Å². The minimum Gasteiger partial charge on any atom is -0.504 e. The fraction of sp³-hybridized carbons (Fsp3) is 0. The predicted molar refractivity (Wildman–Crippen MR) is 99.1 cm³/mol. The van der Waals surface area contributed by atoms with Crippen molar-refractivity contribution in [3.63, 3.8) is 0 Å². The number of rotatable bonds is 3. The molecule has 0 saturated heterocycles. The summed E-state index contributed by atoms with van der Waals surface area (Å²) in [6.07, 6.45) is 3.01. The van der Waals surface area contributed by atoms with Crippen LogP contribution in [0.2, 0.25) is 0 Å². The zero-order valence-corrected chi connectivity index (χ0v) is 14.5. The van der Waals surface area contributed by atoms with Gasteiger partial charge in [-0.15, -0.1) is 10.2 Å². The zero-order valence-electron chi connectivity index (χ0n) is 13.7. The number of phenols is 1. The number of nitrogens with zero attached hydrogens (tertiary/aromatic N) is 4. The second kappa shape index (κ2) is 6.38. The molecule has 0 bridgehead atoms. The van der Waals surface area contributed by atoms with Crippen molar-refractivity contribution in [1.82, 2.24) is 9.97 Å². The first-order valence-electron chi connectivity index (χ1n) is 7.79. The van der Waals surface area contributed by atoms with Gasteiger partial charge < -0.3 is 5.11 Å². The highest BCUT2D eigenvalue weighted by atomic mass is 32.2. The Bertz CT molecular complexity index is 1310. The maximum absolute atomic E-state index is 11.7. The summed E-state index contributed by atoms with van der Waals surface area (Å²) in [5, 5.41) is 19.4. The highest BCUT2D eigenvalue weighted by Crippen LogP contribution is 2.38. The van der Waals surface area contributed by atoms with Gasteiger partial charge in [0.2, 0.25) is 0 Å². The molecule has 0 aliphatic heterocycles. The van der Waals surface area contributed by atoms with Crippen LogP contribution in [0.4, 0.5) is 11.4 Å². The highest BCUT2D eigenvalue weighted by Gasteiger charge is 2.20. The molecular formula is C18H12N4O4S. The van der Waals surface area contributed by atoms with Gasteiger partial charge in [-0.3, -0.25) is 14.5 Å². The van der Waals surface area contributed by atoms with Crippen molar-refractivity contribution < 1.29 is 18.1 Å². The summed E-state index contributed by atoms with van der Waals surface area (Å²) in [7, 11) is -4.55. The summed E-state index contributed by atoms with van der Waals surface area (Å²) >= 11 is 0.